The minimum atomic E-state index is -0.387. The Hall–Kier alpha value is -1.91. The maximum Gasteiger partial charge on any atom is 0.255 e. The van der Waals surface area contributed by atoms with Gasteiger partial charge in [-0.05, 0) is 30.3 Å². The van der Waals surface area contributed by atoms with Gasteiger partial charge in [-0.3, -0.25) is 4.79 Å². The van der Waals surface area contributed by atoms with E-state index in [0.29, 0.717) is 22.0 Å². The summed E-state index contributed by atoms with van der Waals surface area (Å²) in [5.74, 6) is 0.109. The lowest BCUT2D eigenvalue weighted by molar-refractivity contribution is 0.102. The summed E-state index contributed by atoms with van der Waals surface area (Å²) in [4.78, 5) is 12.1. The van der Waals surface area contributed by atoms with Gasteiger partial charge in [-0.1, -0.05) is 23.2 Å². The Bertz CT molecular complexity index is 659. The highest BCUT2D eigenvalue weighted by molar-refractivity contribution is 6.34. The molecule has 20 heavy (non-hydrogen) atoms. The molecule has 0 fully saturated rings. The second-order valence-electron chi connectivity index (χ2n) is 3.97. The van der Waals surface area contributed by atoms with E-state index >= 15 is 0 Å². The van der Waals surface area contributed by atoms with Crippen LogP contribution in [-0.2, 0) is 0 Å². The lowest BCUT2D eigenvalue weighted by Gasteiger charge is -2.09. The van der Waals surface area contributed by atoms with Crippen molar-refractivity contribution in [3.05, 3.63) is 52.0 Å². The van der Waals surface area contributed by atoms with Crippen LogP contribution in [0.25, 0.3) is 0 Å². The number of hydrogen-bond acceptors (Lipinski definition) is 3. The number of nitrogens with one attached hydrogen (secondary N) is 1. The van der Waals surface area contributed by atoms with Crippen molar-refractivity contribution in [3.8, 4) is 11.5 Å². The maximum atomic E-state index is 12.1. The quantitative estimate of drug-likeness (QED) is 0.902. The van der Waals surface area contributed by atoms with Crippen molar-refractivity contribution in [1.29, 1.82) is 0 Å². The molecule has 0 heterocycles. The molecule has 1 amide bonds. The molecule has 2 aromatic carbocycles. The monoisotopic (exact) mass is 311 g/mol. The van der Waals surface area contributed by atoms with E-state index in [0.717, 1.165) is 0 Å². The summed E-state index contributed by atoms with van der Waals surface area (Å²) in [6.45, 7) is 0. The van der Waals surface area contributed by atoms with Gasteiger partial charge in [-0.25, -0.2) is 0 Å². The van der Waals surface area contributed by atoms with Crippen LogP contribution in [0.1, 0.15) is 10.4 Å². The van der Waals surface area contributed by atoms with Crippen molar-refractivity contribution in [2.24, 2.45) is 0 Å². The van der Waals surface area contributed by atoms with Gasteiger partial charge in [0.15, 0.2) is 0 Å². The number of carbonyl (C=O) groups is 1. The average Bonchev–Trinajstić information content (AvgIpc) is 2.44. The zero-order valence-electron chi connectivity index (χ0n) is 10.5. The number of halogens is 2. The molecule has 0 aliphatic carbocycles. The number of rotatable bonds is 3. The predicted octanol–water partition coefficient (Wildman–Crippen LogP) is 3.96. The van der Waals surface area contributed by atoms with Crippen LogP contribution in [0.3, 0.4) is 0 Å². The van der Waals surface area contributed by atoms with Crippen molar-refractivity contribution in [1.82, 2.24) is 0 Å². The molecule has 0 aliphatic rings. The molecule has 0 saturated carbocycles. The largest absolute Gasteiger partial charge is 0.506 e. The zero-order valence-corrected chi connectivity index (χ0v) is 12.0. The van der Waals surface area contributed by atoms with Gasteiger partial charge in [0.25, 0.3) is 5.91 Å². The number of hydrogen-bond donors (Lipinski definition) is 2. The van der Waals surface area contributed by atoms with E-state index in [1.54, 1.807) is 18.2 Å². The minimum absolute atomic E-state index is 0.0809. The molecule has 0 bridgehead atoms. The van der Waals surface area contributed by atoms with Gasteiger partial charge in [-0.15, -0.1) is 0 Å². The first-order valence-electron chi connectivity index (χ1n) is 5.64. The van der Waals surface area contributed by atoms with Gasteiger partial charge in [0, 0.05) is 11.6 Å². The summed E-state index contributed by atoms with van der Waals surface area (Å²) in [6.07, 6.45) is 0. The Morgan fingerprint density at radius 3 is 2.55 bits per heavy atom. The lowest BCUT2D eigenvalue weighted by Crippen LogP contribution is -2.12. The van der Waals surface area contributed by atoms with Crippen molar-refractivity contribution in [3.63, 3.8) is 0 Å². The first kappa shape index (κ1) is 14.5. The van der Waals surface area contributed by atoms with Gasteiger partial charge in [0.05, 0.1) is 22.8 Å². The molecule has 0 atom stereocenters. The maximum absolute atomic E-state index is 12.1. The Kier molecular flexibility index (Phi) is 4.37. The number of ether oxygens (including phenoxy) is 1. The summed E-state index contributed by atoms with van der Waals surface area (Å²) in [5, 5.41) is 12.5. The van der Waals surface area contributed by atoms with Gasteiger partial charge >= 0.3 is 0 Å². The molecule has 0 aromatic heterocycles. The van der Waals surface area contributed by atoms with Crippen molar-refractivity contribution in [2.75, 3.05) is 12.4 Å². The minimum Gasteiger partial charge on any atom is -0.506 e. The number of methoxy groups -OCH3 is 1. The van der Waals surface area contributed by atoms with Crippen LogP contribution in [0.15, 0.2) is 36.4 Å². The molecule has 2 N–H and O–H groups in total. The zero-order chi connectivity index (χ0) is 14.7. The highest BCUT2D eigenvalue weighted by atomic mass is 35.5. The van der Waals surface area contributed by atoms with E-state index in [9.17, 15) is 9.90 Å². The topological polar surface area (TPSA) is 58.6 Å². The number of phenols is 1. The Morgan fingerprint density at radius 1 is 1.15 bits per heavy atom. The van der Waals surface area contributed by atoms with Gasteiger partial charge in [0.2, 0.25) is 0 Å². The number of carbonyl (C=O) groups excluding carboxylic acids is 1. The second kappa shape index (κ2) is 6.03. The molecule has 0 spiro atoms. The average molecular weight is 312 g/mol. The van der Waals surface area contributed by atoms with Gasteiger partial charge < -0.3 is 15.2 Å². The molecule has 0 radical (unpaired) electrons. The summed E-state index contributed by atoms with van der Waals surface area (Å²) in [6, 6.07) is 9.12. The van der Waals surface area contributed by atoms with E-state index in [1.165, 1.54) is 25.3 Å². The number of anilines is 1. The fourth-order valence-electron chi connectivity index (χ4n) is 1.57. The van der Waals surface area contributed by atoms with Crippen molar-refractivity contribution >= 4 is 34.8 Å². The molecule has 6 heteroatoms. The van der Waals surface area contributed by atoms with Crippen LogP contribution in [0.2, 0.25) is 10.0 Å². The van der Waals surface area contributed by atoms with E-state index < -0.39 is 0 Å². The molecular weight excluding hydrogens is 301 g/mol. The molecule has 2 aromatic rings. The predicted molar refractivity (Wildman–Crippen MR) is 79.1 cm³/mol. The van der Waals surface area contributed by atoms with E-state index in [2.05, 4.69) is 5.32 Å². The fourth-order valence-corrected chi connectivity index (χ4v) is 1.92. The first-order chi connectivity index (χ1) is 9.51. The summed E-state index contributed by atoms with van der Waals surface area (Å²) >= 11 is 11.8. The summed E-state index contributed by atoms with van der Waals surface area (Å²) < 4.78 is 5.07. The Labute approximate surface area is 125 Å². The third kappa shape index (κ3) is 3.15. The van der Waals surface area contributed by atoms with Crippen LogP contribution >= 0.6 is 23.2 Å². The molecule has 0 saturated heterocycles. The summed E-state index contributed by atoms with van der Waals surface area (Å²) in [5.41, 5.74) is 0.743. The summed E-state index contributed by atoms with van der Waals surface area (Å²) in [7, 11) is 1.52. The highest BCUT2D eigenvalue weighted by Gasteiger charge is 2.11. The third-order valence-electron chi connectivity index (χ3n) is 2.63. The highest BCUT2D eigenvalue weighted by Crippen LogP contribution is 2.28. The molecule has 0 unspecified atom stereocenters. The van der Waals surface area contributed by atoms with Crippen LogP contribution in [0, 0.1) is 0 Å². The standard InChI is InChI=1S/C14H11Cl2NO3/c1-20-9-3-4-10(15)12(7-9)17-14(19)8-2-5-13(18)11(16)6-8/h2-7,18H,1H3,(H,17,19). The van der Waals surface area contributed by atoms with E-state index in [4.69, 9.17) is 27.9 Å². The SMILES string of the molecule is COc1ccc(Cl)c(NC(=O)c2ccc(O)c(Cl)c2)c1. The second-order valence-corrected chi connectivity index (χ2v) is 4.78. The van der Waals surface area contributed by atoms with Crippen LogP contribution in [0.5, 0.6) is 11.5 Å². The Morgan fingerprint density at radius 2 is 1.90 bits per heavy atom. The smallest absolute Gasteiger partial charge is 0.255 e. The van der Waals surface area contributed by atoms with Crippen LogP contribution in [-0.4, -0.2) is 18.1 Å². The van der Waals surface area contributed by atoms with E-state index in [-0.39, 0.29) is 16.7 Å². The molecule has 2 rings (SSSR count). The fraction of sp³-hybridized carbons (Fsp3) is 0.0714. The van der Waals surface area contributed by atoms with Crippen molar-refractivity contribution < 1.29 is 14.6 Å². The van der Waals surface area contributed by atoms with E-state index in [1.807, 2.05) is 0 Å². The van der Waals surface area contributed by atoms with Gasteiger partial charge in [0.1, 0.15) is 11.5 Å². The number of amides is 1. The first-order valence-corrected chi connectivity index (χ1v) is 6.40. The number of aromatic hydroxyl groups is 1. The van der Waals surface area contributed by atoms with Crippen LogP contribution < -0.4 is 10.1 Å². The van der Waals surface area contributed by atoms with Crippen LogP contribution in [0.4, 0.5) is 5.69 Å². The normalized spacial score (nSPS) is 10.2. The van der Waals surface area contributed by atoms with Crippen molar-refractivity contribution in [2.45, 2.75) is 0 Å². The van der Waals surface area contributed by atoms with Gasteiger partial charge in [-0.2, -0.15) is 0 Å². The number of phenolic OH excluding ortho intramolecular Hbond substituents is 1. The molecule has 4 nitrogen and oxygen atoms in total. The molecular formula is C14H11Cl2NO3. The third-order valence-corrected chi connectivity index (χ3v) is 3.26. The lowest BCUT2D eigenvalue weighted by atomic mass is 10.2. The molecule has 104 valence electrons. The number of benzene rings is 2. The Balaban J connectivity index is 2.25. The molecule has 0 aliphatic heterocycles.